The Balaban J connectivity index is 4.61. The fourth-order valence-corrected chi connectivity index (χ4v) is 1.77. The van der Waals surface area contributed by atoms with Crippen LogP contribution in [0.25, 0.3) is 0 Å². The van der Waals surface area contributed by atoms with Gasteiger partial charge in [-0.2, -0.15) is 0 Å². The minimum Gasteiger partial charge on any atom is -0.616 e. The van der Waals surface area contributed by atoms with Crippen LogP contribution < -0.4 is 5.32 Å². The monoisotopic (exact) mass is 248 g/mol. The molecule has 94 valence electrons. The third kappa shape index (κ3) is 5.97. The predicted octanol–water partition coefficient (Wildman–Crippen LogP) is 1.51. The number of carbonyl (C=O) groups is 1. The minimum atomic E-state index is -0.963. The first kappa shape index (κ1) is 15.2. The van der Waals surface area contributed by atoms with E-state index < -0.39 is 17.3 Å². The van der Waals surface area contributed by atoms with E-state index in [-0.39, 0.29) is 5.41 Å². The van der Waals surface area contributed by atoms with Crippen LogP contribution in [0.5, 0.6) is 0 Å². The van der Waals surface area contributed by atoms with Crippen molar-refractivity contribution in [3.05, 3.63) is 0 Å². The Hall–Kier alpha value is -0.750. The number of hydrogen-bond acceptors (Lipinski definition) is 4. The third-order valence-electron chi connectivity index (χ3n) is 1.93. The number of nitrogens with zero attached hydrogens (tertiary/aromatic N) is 1. The van der Waals surface area contributed by atoms with Crippen molar-refractivity contribution in [1.82, 2.24) is 5.32 Å². The van der Waals surface area contributed by atoms with Gasteiger partial charge in [0.15, 0.2) is 0 Å². The molecule has 16 heavy (non-hydrogen) atoms. The molecular formula is C10H20N2O3S. The van der Waals surface area contributed by atoms with Crippen LogP contribution in [0.3, 0.4) is 0 Å². The van der Waals surface area contributed by atoms with E-state index in [4.69, 9.17) is 0 Å². The molecule has 0 fully saturated rings. The molecule has 1 atom stereocenters. The van der Waals surface area contributed by atoms with E-state index in [1.165, 1.54) is 7.05 Å². The lowest BCUT2D eigenvalue weighted by molar-refractivity contribution is 0.151. The van der Waals surface area contributed by atoms with Crippen LogP contribution in [0.15, 0.2) is 5.16 Å². The van der Waals surface area contributed by atoms with Gasteiger partial charge in [0.1, 0.15) is 17.2 Å². The zero-order valence-corrected chi connectivity index (χ0v) is 11.3. The highest BCUT2D eigenvalue weighted by molar-refractivity contribution is 7.92. The first-order valence-electron chi connectivity index (χ1n) is 5.12. The average Bonchev–Trinajstić information content (AvgIpc) is 2.21. The molecule has 5 nitrogen and oxygen atoms in total. The maximum Gasteiger partial charge on any atom is 0.433 e. The van der Waals surface area contributed by atoms with Crippen molar-refractivity contribution in [2.45, 2.75) is 27.7 Å². The highest BCUT2D eigenvalue weighted by Crippen LogP contribution is 2.18. The van der Waals surface area contributed by atoms with Crippen LogP contribution in [0.4, 0.5) is 4.79 Å². The van der Waals surface area contributed by atoms with Gasteiger partial charge in [-0.3, -0.25) is 4.84 Å². The Bertz CT molecular complexity index is 261. The maximum atomic E-state index is 11.5. The van der Waals surface area contributed by atoms with Crippen molar-refractivity contribution >= 4 is 23.0 Å². The maximum absolute atomic E-state index is 11.5. The molecule has 0 spiro atoms. The molecule has 0 aromatic rings. The Morgan fingerprint density at radius 1 is 1.50 bits per heavy atom. The molecule has 1 N–H and O–H groups in total. The second kappa shape index (κ2) is 6.75. The number of rotatable bonds is 4. The van der Waals surface area contributed by atoms with E-state index in [0.717, 1.165) is 0 Å². The summed E-state index contributed by atoms with van der Waals surface area (Å²) in [6, 6.07) is 0. The summed E-state index contributed by atoms with van der Waals surface area (Å²) in [6.45, 7) is 7.65. The van der Waals surface area contributed by atoms with Gasteiger partial charge in [0.25, 0.3) is 0 Å². The molecule has 1 amide bonds. The zero-order valence-electron chi connectivity index (χ0n) is 10.5. The zero-order chi connectivity index (χ0) is 12.8. The largest absolute Gasteiger partial charge is 0.616 e. The van der Waals surface area contributed by atoms with Gasteiger partial charge in [-0.05, 0) is 18.1 Å². The van der Waals surface area contributed by atoms with Crippen LogP contribution in [-0.4, -0.2) is 34.9 Å². The van der Waals surface area contributed by atoms with Crippen molar-refractivity contribution in [2.24, 2.45) is 10.6 Å². The van der Waals surface area contributed by atoms with E-state index in [1.807, 2.05) is 27.7 Å². The highest BCUT2D eigenvalue weighted by atomic mass is 32.2. The van der Waals surface area contributed by atoms with Gasteiger partial charge < -0.3 is 9.87 Å². The fraction of sp³-hybridized carbons (Fsp3) is 0.800. The molecule has 0 radical (unpaired) electrons. The Kier molecular flexibility index (Phi) is 6.43. The van der Waals surface area contributed by atoms with Crippen LogP contribution in [-0.2, 0) is 16.0 Å². The van der Waals surface area contributed by atoms with Gasteiger partial charge >= 0.3 is 6.09 Å². The lowest BCUT2D eigenvalue weighted by Crippen LogP contribution is -2.30. The van der Waals surface area contributed by atoms with Crippen molar-refractivity contribution in [2.75, 3.05) is 18.6 Å². The quantitative estimate of drug-likeness (QED) is 0.355. The van der Waals surface area contributed by atoms with Crippen LogP contribution in [0.2, 0.25) is 0 Å². The number of oxime groups is 1. The molecule has 0 bridgehead atoms. The predicted molar refractivity (Wildman–Crippen MR) is 66.0 cm³/mol. The standard InChI is InChI=1S/C10H20N2O3S/c1-6-16(14)7-8(10(2,3)4)12-15-9(13)11-5/h6-7H2,1-5H3,(H,11,13). The highest BCUT2D eigenvalue weighted by Gasteiger charge is 2.24. The lowest BCUT2D eigenvalue weighted by atomic mass is 9.91. The summed E-state index contributed by atoms with van der Waals surface area (Å²) in [4.78, 5) is 15.5. The van der Waals surface area contributed by atoms with Gasteiger partial charge in [0, 0.05) is 12.5 Å². The number of carbonyl (C=O) groups excluding carboxylic acids is 1. The molecule has 0 aliphatic heterocycles. The molecule has 0 saturated heterocycles. The van der Waals surface area contributed by atoms with Gasteiger partial charge in [0.2, 0.25) is 0 Å². The van der Waals surface area contributed by atoms with Gasteiger partial charge in [-0.15, -0.1) is 0 Å². The Labute approximate surface area is 99.8 Å². The first-order chi connectivity index (χ1) is 7.31. The molecular weight excluding hydrogens is 228 g/mol. The van der Waals surface area contributed by atoms with Crippen molar-refractivity contribution < 1.29 is 14.2 Å². The van der Waals surface area contributed by atoms with Crippen LogP contribution in [0, 0.1) is 5.41 Å². The minimum absolute atomic E-state index is 0.265. The Morgan fingerprint density at radius 2 is 2.06 bits per heavy atom. The molecule has 1 unspecified atom stereocenters. The van der Waals surface area contributed by atoms with Gasteiger partial charge in [-0.25, -0.2) is 4.79 Å². The summed E-state index contributed by atoms with van der Waals surface area (Å²) in [7, 11) is 1.46. The van der Waals surface area contributed by atoms with Crippen LogP contribution in [0.1, 0.15) is 27.7 Å². The topological polar surface area (TPSA) is 73.8 Å². The normalized spacial score (nSPS) is 14.5. The molecule has 0 aromatic carbocycles. The van der Waals surface area contributed by atoms with Crippen molar-refractivity contribution in [3.8, 4) is 0 Å². The number of hydrogen-bond donors (Lipinski definition) is 1. The number of nitrogens with one attached hydrogen (secondary N) is 1. The summed E-state index contributed by atoms with van der Waals surface area (Å²) >= 11 is -0.963. The van der Waals surface area contributed by atoms with E-state index in [9.17, 15) is 9.35 Å². The molecule has 0 aliphatic rings. The smallest absolute Gasteiger partial charge is 0.433 e. The first-order valence-corrected chi connectivity index (χ1v) is 6.61. The summed E-state index contributed by atoms with van der Waals surface area (Å²) in [5.74, 6) is 0.895. The summed E-state index contributed by atoms with van der Waals surface area (Å²) < 4.78 is 11.5. The molecule has 0 heterocycles. The molecule has 0 aromatic heterocycles. The van der Waals surface area contributed by atoms with Crippen molar-refractivity contribution in [1.29, 1.82) is 0 Å². The SMILES string of the molecule is CC[S+]([O-])CC(=NOC(=O)NC)C(C)(C)C. The van der Waals surface area contributed by atoms with E-state index in [1.54, 1.807) is 0 Å². The van der Waals surface area contributed by atoms with E-state index in [0.29, 0.717) is 17.2 Å². The molecule has 0 aliphatic carbocycles. The second-order valence-electron chi connectivity index (χ2n) is 4.29. The van der Waals surface area contributed by atoms with Crippen LogP contribution >= 0.6 is 0 Å². The summed E-state index contributed by atoms with van der Waals surface area (Å²) in [6.07, 6.45) is -0.621. The Morgan fingerprint density at radius 3 is 2.44 bits per heavy atom. The molecule has 0 saturated carbocycles. The summed E-state index contributed by atoms with van der Waals surface area (Å²) in [5, 5.41) is 6.06. The number of amides is 1. The molecule has 6 heteroatoms. The van der Waals surface area contributed by atoms with Gasteiger partial charge in [-0.1, -0.05) is 25.9 Å². The lowest BCUT2D eigenvalue weighted by Gasteiger charge is -2.21. The van der Waals surface area contributed by atoms with E-state index in [2.05, 4.69) is 15.3 Å². The summed E-state index contributed by atoms with van der Waals surface area (Å²) in [5.41, 5.74) is 0.357. The van der Waals surface area contributed by atoms with Gasteiger partial charge in [0.05, 0.1) is 0 Å². The average molecular weight is 248 g/mol. The van der Waals surface area contributed by atoms with Crippen molar-refractivity contribution in [3.63, 3.8) is 0 Å². The van der Waals surface area contributed by atoms with E-state index >= 15 is 0 Å². The second-order valence-corrected chi connectivity index (χ2v) is 6.04. The third-order valence-corrected chi connectivity index (χ3v) is 3.17. The molecule has 0 rings (SSSR count). The fourth-order valence-electron chi connectivity index (χ4n) is 0.777.